The molecule has 0 radical (unpaired) electrons. The number of aryl methyl sites for hydroxylation is 1. The second-order valence-corrected chi connectivity index (χ2v) is 8.09. The zero-order chi connectivity index (χ0) is 21.7. The van der Waals surface area contributed by atoms with Gasteiger partial charge in [-0.1, -0.05) is 70.6 Å². The molecule has 31 heavy (non-hydrogen) atoms. The average Bonchev–Trinajstić information content (AvgIpc) is 2.83. The third-order valence-electron chi connectivity index (χ3n) is 5.48. The van der Waals surface area contributed by atoms with Crippen molar-refractivity contribution >= 4 is 0 Å². The Kier molecular flexibility index (Phi) is 9.49. The van der Waals surface area contributed by atoms with Crippen molar-refractivity contribution in [2.75, 3.05) is 6.61 Å². The van der Waals surface area contributed by atoms with Gasteiger partial charge in [0.2, 0.25) is 0 Å². The van der Waals surface area contributed by atoms with E-state index in [9.17, 15) is 0 Å². The molecule has 0 aliphatic carbocycles. The van der Waals surface area contributed by atoms with E-state index in [-0.39, 0.29) is 0 Å². The van der Waals surface area contributed by atoms with Crippen LogP contribution in [-0.2, 0) is 6.42 Å². The standard InChI is InChI=1S/C27H35N3O/c1-3-5-7-8-9-11-22-12-17-26(28-19-22)27-29-20-24(21-30-27)23-13-15-25(16-14-23)31-18-10-6-4-2/h12-17,19-21H,3-11,18H2,1-2H3. The SMILES string of the molecule is CCCCCCCc1ccc(-c2ncc(-c3ccc(OCCCCC)cc3)cn2)nc1. The summed E-state index contributed by atoms with van der Waals surface area (Å²) >= 11 is 0. The Hall–Kier alpha value is -2.75. The fourth-order valence-electron chi connectivity index (χ4n) is 3.53. The quantitative estimate of drug-likeness (QED) is 0.274. The fourth-order valence-corrected chi connectivity index (χ4v) is 3.53. The zero-order valence-corrected chi connectivity index (χ0v) is 19.0. The van der Waals surface area contributed by atoms with E-state index in [0.29, 0.717) is 5.82 Å². The topological polar surface area (TPSA) is 47.9 Å². The van der Waals surface area contributed by atoms with Gasteiger partial charge in [0.05, 0.1) is 6.61 Å². The molecule has 164 valence electrons. The number of hydrogen-bond donors (Lipinski definition) is 0. The molecule has 4 nitrogen and oxygen atoms in total. The molecule has 0 saturated carbocycles. The first kappa shape index (κ1) is 22.9. The highest BCUT2D eigenvalue weighted by molar-refractivity contribution is 5.63. The van der Waals surface area contributed by atoms with Gasteiger partial charge in [0.25, 0.3) is 0 Å². The molecule has 2 aromatic heterocycles. The van der Waals surface area contributed by atoms with Crippen molar-refractivity contribution < 1.29 is 4.74 Å². The van der Waals surface area contributed by atoms with Gasteiger partial charge in [-0.2, -0.15) is 0 Å². The summed E-state index contributed by atoms with van der Waals surface area (Å²) in [6.45, 7) is 5.22. The molecule has 0 unspecified atom stereocenters. The first-order valence-corrected chi connectivity index (χ1v) is 11.8. The van der Waals surface area contributed by atoms with Gasteiger partial charge in [0.15, 0.2) is 5.82 Å². The molecular weight excluding hydrogens is 382 g/mol. The van der Waals surface area contributed by atoms with Crippen molar-refractivity contribution in [3.05, 3.63) is 60.6 Å². The van der Waals surface area contributed by atoms with Crippen molar-refractivity contribution in [1.29, 1.82) is 0 Å². The van der Waals surface area contributed by atoms with Crippen LogP contribution in [0.5, 0.6) is 5.75 Å². The summed E-state index contributed by atoms with van der Waals surface area (Å²) in [6.07, 6.45) is 16.8. The largest absolute Gasteiger partial charge is 0.494 e. The first-order chi connectivity index (χ1) is 15.3. The minimum Gasteiger partial charge on any atom is -0.494 e. The summed E-state index contributed by atoms with van der Waals surface area (Å²) < 4.78 is 5.79. The van der Waals surface area contributed by atoms with Gasteiger partial charge in [0.1, 0.15) is 11.4 Å². The Morgan fingerprint density at radius 1 is 0.645 bits per heavy atom. The van der Waals surface area contributed by atoms with Crippen LogP contribution in [0.2, 0.25) is 0 Å². The molecule has 3 rings (SSSR count). The molecular formula is C27H35N3O. The maximum atomic E-state index is 5.79. The molecule has 0 amide bonds. The average molecular weight is 418 g/mol. The molecule has 1 aromatic carbocycles. The normalized spacial score (nSPS) is 10.9. The summed E-state index contributed by atoms with van der Waals surface area (Å²) in [5, 5.41) is 0. The molecule has 0 spiro atoms. The third-order valence-corrected chi connectivity index (χ3v) is 5.48. The molecule has 4 heteroatoms. The second kappa shape index (κ2) is 12.8. The number of hydrogen-bond acceptors (Lipinski definition) is 4. The Morgan fingerprint density at radius 3 is 2.03 bits per heavy atom. The van der Waals surface area contributed by atoms with Crippen molar-refractivity contribution in [2.45, 2.75) is 71.6 Å². The molecule has 0 saturated heterocycles. The fraction of sp³-hybridized carbons (Fsp3) is 0.444. The number of nitrogens with zero attached hydrogens (tertiary/aromatic N) is 3. The predicted octanol–water partition coefficient (Wildman–Crippen LogP) is 7.29. The molecule has 0 N–H and O–H groups in total. The summed E-state index contributed by atoms with van der Waals surface area (Å²) in [6, 6.07) is 12.3. The Labute approximate surface area is 187 Å². The lowest BCUT2D eigenvalue weighted by Gasteiger charge is -2.07. The Bertz CT molecular complexity index is 874. The minimum absolute atomic E-state index is 0.661. The van der Waals surface area contributed by atoms with Crippen LogP contribution < -0.4 is 4.74 Å². The molecule has 0 bridgehead atoms. The first-order valence-electron chi connectivity index (χ1n) is 11.8. The van der Waals surface area contributed by atoms with Crippen LogP contribution in [-0.4, -0.2) is 21.6 Å². The van der Waals surface area contributed by atoms with E-state index in [4.69, 9.17) is 4.74 Å². The summed E-state index contributed by atoms with van der Waals surface area (Å²) in [4.78, 5) is 13.7. The Morgan fingerprint density at radius 2 is 1.35 bits per heavy atom. The van der Waals surface area contributed by atoms with Gasteiger partial charge in [-0.3, -0.25) is 4.98 Å². The molecule has 3 aromatic rings. The summed E-state index contributed by atoms with van der Waals surface area (Å²) in [5.41, 5.74) is 4.18. The second-order valence-electron chi connectivity index (χ2n) is 8.09. The highest BCUT2D eigenvalue weighted by Gasteiger charge is 2.06. The number of unbranched alkanes of at least 4 members (excludes halogenated alkanes) is 6. The number of rotatable bonds is 13. The lowest BCUT2D eigenvalue weighted by Crippen LogP contribution is -1.97. The highest BCUT2D eigenvalue weighted by Crippen LogP contribution is 2.23. The van der Waals surface area contributed by atoms with E-state index in [1.807, 2.05) is 36.8 Å². The van der Waals surface area contributed by atoms with Crippen LogP contribution in [0.1, 0.15) is 70.8 Å². The molecule has 0 atom stereocenters. The van der Waals surface area contributed by atoms with Crippen molar-refractivity contribution in [2.24, 2.45) is 0 Å². The van der Waals surface area contributed by atoms with Crippen LogP contribution >= 0.6 is 0 Å². The minimum atomic E-state index is 0.661. The van der Waals surface area contributed by atoms with Crippen LogP contribution in [0.3, 0.4) is 0 Å². The number of pyridine rings is 1. The van der Waals surface area contributed by atoms with Crippen molar-refractivity contribution in [3.63, 3.8) is 0 Å². The highest BCUT2D eigenvalue weighted by atomic mass is 16.5. The molecule has 0 aliphatic heterocycles. The van der Waals surface area contributed by atoms with Gasteiger partial charge < -0.3 is 4.74 Å². The van der Waals surface area contributed by atoms with Gasteiger partial charge >= 0.3 is 0 Å². The molecule has 0 fully saturated rings. The van der Waals surface area contributed by atoms with Gasteiger partial charge in [0, 0.05) is 24.2 Å². The van der Waals surface area contributed by atoms with Crippen molar-refractivity contribution in [1.82, 2.24) is 15.0 Å². The van der Waals surface area contributed by atoms with Crippen LogP contribution in [0.25, 0.3) is 22.6 Å². The number of ether oxygens (including phenoxy) is 1. The number of benzene rings is 1. The summed E-state index contributed by atoms with van der Waals surface area (Å²) in [5.74, 6) is 1.57. The maximum Gasteiger partial charge on any atom is 0.178 e. The smallest absolute Gasteiger partial charge is 0.178 e. The molecule has 2 heterocycles. The van der Waals surface area contributed by atoms with Crippen LogP contribution in [0.15, 0.2) is 55.0 Å². The zero-order valence-electron chi connectivity index (χ0n) is 19.0. The van der Waals surface area contributed by atoms with E-state index >= 15 is 0 Å². The lowest BCUT2D eigenvalue weighted by atomic mass is 10.1. The van der Waals surface area contributed by atoms with E-state index in [0.717, 1.165) is 42.0 Å². The van der Waals surface area contributed by atoms with Crippen molar-refractivity contribution in [3.8, 4) is 28.4 Å². The molecule has 0 aliphatic rings. The Balaban J connectivity index is 1.53. The van der Waals surface area contributed by atoms with E-state index in [1.165, 1.54) is 50.5 Å². The number of aromatic nitrogens is 3. The van der Waals surface area contributed by atoms with Gasteiger partial charge in [-0.15, -0.1) is 0 Å². The van der Waals surface area contributed by atoms with E-state index < -0.39 is 0 Å². The van der Waals surface area contributed by atoms with E-state index in [2.05, 4.69) is 47.0 Å². The predicted molar refractivity (Wildman–Crippen MR) is 128 cm³/mol. The monoisotopic (exact) mass is 417 g/mol. The van der Waals surface area contributed by atoms with Crippen LogP contribution in [0, 0.1) is 0 Å². The van der Waals surface area contributed by atoms with Crippen LogP contribution in [0.4, 0.5) is 0 Å². The van der Waals surface area contributed by atoms with E-state index in [1.54, 1.807) is 0 Å². The van der Waals surface area contributed by atoms with Gasteiger partial charge in [-0.05, 0) is 48.6 Å². The maximum absolute atomic E-state index is 5.79. The van der Waals surface area contributed by atoms with Gasteiger partial charge in [-0.25, -0.2) is 9.97 Å². The summed E-state index contributed by atoms with van der Waals surface area (Å²) in [7, 11) is 0. The lowest BCUT2D eigenvalue weighted by molar-refractivity contribution is 0.306. The third kappa shape index (κ3) is 7.46.